The van der Waals surface area contributed by atoms with Crippen LogP contribution in [0.1, 0.15) is 29.5 Å². The van der Waals surface area contributed by atoms with Crippen molar-refractivity contribution >= 4 is 30.3 Å². The Morgan fingerprint density at radius 2 is 0.919 bits per heavy atom. The molecule has 0 fully saturated rings. The summed E-state index contributed by atoms with van der Waals surface area (Å²) in [5.74, 6) is -0.773. The molecule has 0 spiro atoms. The number of benzene rings is 3. The molecule has 0 radical (unpaired) electrons. The fourth-order valence-corrected chi connectivity index (χ4v) is 7.15. The lowest BCUT2D eigenvalue weighted by molar-refractivity contribution is 0.251. The highest BCUT2D eigenvalue weighted by molar-refractivity contribution is 7.90. The van der Waals surface area contributed by atoms with Crippen molar-refractivity contribution < 1.29 is 33.6 Å². The third-order valence-corrected chi connectivity index (χ3v) is 9.91. The van der Waals surface area contributed by atoms with Crippen molar-refractivity contribution in [3.05, 3.63) is 108 Å². The Bertz CT molecular complexity index is 1380. The Kier molecular flexibility index (Phi) is 9.62. The number of primary sulfonamides is 1. The van der Waals surface area contributed by atoms with Crippen LogP contribution in [0.4, 0.5) is 0 Å². The van der Waals surface area contributed by atoms with Gasteiger partial charge < -0.3 is 0 Å². The molecule has 0 aliphatic heterocycles. The quantitative estimate of drug-likeness (QED) is 0.292. The molecular weight excluding hydrogens is 538 g/mol. The van der Waals surface area contributed by atoms with E-state index in [1.807, 2.05) is 0 Å². The van der Waals surface area contributed by atoms with Crippen molar-refractivity contribution in [3.8, 4) is 0 Å². The fraction of sp³-hybridized carbons (Fsp3) is 0.280. The SMILES string of the molecule is NS(=O)(=O)C(CCOS(=O)(=O)Cc1ccccc1)(CCOS(=O)(=O)Cc1ccccc1)c1ccccc1. The summed E-state index contributed by atoms with van der Waals surface area (Å²) >= 11 is 0. The van der Waals surface area contributed by atoms with Gasteiger partial charge in [-0.2, -0.15) is 16.8 Å². The van der Waals surface area contributed by atoms with Crippen LogP contribution in [0.25, 0.3) is 0 Å². The maximum absolute atomic E-state index is 12.9. The fourth-order valence-electron chi connectivity index (χ4n) is 3.91. The van der Waals surface area contributed by atoms with E-state index in [1.54, 1.807) is 78.9 Å². The first-order valence-corrected chi connectivity index (χ1v) is 16.0. The van der Waals surface area contributed by atoms with Gasteiger partial charge in [0.25, 0.3) is 20.2 Å². The highest BCUT2D eigenvalue weighted by Gasteiger charge is 2.43. The zero-order valence-electron chi connectivity index (χ0n) is 20.0. The molecule has 0 unspecified atom stereocenters. The van der Waals surface area contributed by atoms with Gasteiger partial charge in [-0.05, 0) is 29.5 Å². The Morgan fingerprint density at radius 3 is 1.27 bits per heavy atom. The number of rotatable bonds is 14. The molecule has 3 aromatic carbocycles. The molecule has 37 heavy (non-hydrogen) atoms. The second-order valence-electron chi connectivity index (χ2n) is 8.42. The van der Waals surface area contributed by atoms with E-state index in [9.17, 15) is 25.3 Å². The molecule has 12 heteroatoms. The summed E-state index contributed by atoms with van der Waals surface area (Å²) in [6.45, 7) is -0.978. The van der Waals surface area contributed by atoms with E-state index >= 15 is 0 Å². The van der Waals surface area contributed by atoms with Crippen LogP contribution in [0.5, 0.6) is 0 Å². The van der Waals surface area contributed by atoms with Crippen LogP contribution in [-0.2, 0) is 54.9 Å². The van der Waals surface area contributed by atoms with Crippen molar-refractivity contribution in [2.45, 2.75) is 29.1 Å². The smallest absolute Gasteiger partial charge is 0.270 e. The lowest BCUT2D eigenvalue weighted by Crippen LogP contribution is -2.43. The van der Waals surface area contributed by atoms with Crippen molar-refractivity contribution in [2.24, 2.45) is 5.14 Å². The van der Waals surface area contributed by atoms with Crippen LogP contribution in [-0.4, -0.2) is 38.5 Å². The lowest BCUT2D eigenvalue weighted by atomic mass is 9.92. The zero-order valence-corrected chi connectivity index (χ0v) is 22.4. The standard InChI is InChI=1S/C25H29NO8S3/c26-37(31,32)25(24-14-8-3-9-15-24,16-18-33-35(27,28)20-22-10-4-1-5-11-22)17-19-34-36(29,30)21-23-12-6-2-7-13-23/h1-15H,16-21H2,(H2,26,31,32). The average molecular weight is 568 g/mol. The predicted molar refractivity (Wildman–Crippen MR) is 140 cm³/mol. The molecule has 0 saturated carbocycles. The third-order valence-electron chi connectivity index (χ3n) is 5.75. The first kappa shape index (κ1) is 29.0. The monoisotopic (exact) mass is 567 g/mol. The minimum atomic E-state index is -4.38. The van der Waals surface area contributed by atoms with Crippen LogP contribution in [0.15, 0.2) is 91.0 Å². The molecule has 0 aromatic heterocycles. The van der Waals surface area contributed by atoms with Crippen LogP contribution in [0.2, 0.25) is 0 Å². The number of sulfonamides is 1. The van der Waals surface area contributed by atoms with Crippen LogP contribution < -0.4 is 5.14 Å². The van der Waals surface area contributed by atoms with Crippen molar-refractivity contribution in [1.82, 2.24) is 0 Å². The van der Waals surface area contributed by atoms with Crippen LogP contribution >= 0.6 is 0 Å². The highest BCUT2D eigenvalue weighted by Crippen LogP contribution is 2.36. The molecule has 0 saturated heterocycles. The predicted octanol–water partition coefficient (Wildman–Crippen LogP) is 3.04. The van der Waals surface area contributed by atoms with E-state index in [1.165, 1.54) is 12.1 Å². The van der Waals surface area contributed by atoms with E-state index in [0.717, 1.165) is 0 Å². The Morgan fingerprint density at radius 1 is 0.568 bits per heavy atom. The Labute approximate surface area is 218 Å². The molecule has 0 heterocycles. The van der Waals surface area contributed by atoms with Gasteiger partial charge >= 0.3 is 0 Å². The maximum Gasteiger partial charge on any atom is 0.271 e. The second-order valence-corrected chi connectivity index (χ2v) is 13.6. The first-order valence-electron chi connectivity index (χ1n) is 11.3. The summed E-state index contributed by atoms with van der Waals surface area (Å²) in [7, 11) is -12.4. The molecule has 0 bridgehead atoms. The summed E-state index contributed by atoms with van der Waals surface area (Å²) in [5.41, 5.74) is 1.30. The molecule has 200 valence electrons. The molecule has 0 amide bonds. The van der Waals surface area contributed by atoms with E-state index in [0.29, 0.717) is 11.1 Å². The summed E-state index contributed by atoms with van der Waals surface area (Å²) in [6, 6.07) is 24.7. The second kappa shape index (κ2) is 12.3. The average Bonchev–Trinajstić information content (AvgIpc) is 2.83. The van der Waals surface area contributed by atoms with Crippen LogP contribution in [0, 0.1) is 0 Å². The highest BCUT2D eigenvalue weighted by atomic mass is 32.2. The van der Waals surface area contributed by atoms with E-state index in [2.05, 4.69) is 0 Å². The molecule has 0 atom stereocenters. The maximum atomic E-state index is 12.9. The van der Waals surface area contributed by atoms with Gasteiger partial charge in [-0.1, -0.05) is 91.0 Å². The summed E-state index contributed by atoms with van der Waals surface area (Å²) < 4.78 is 84.2. The molecule has 2 N–H and O–H groups in total. The van der Waals surface area contributed by atoms with E-state index in [-0.39, 0.29) is 29.9 Å². The van der Waals surface area contributed by atoms with Gasteiger partial charge in [-0.15, -0.1) is 0 Å². The van der Waals surface area contributed by atoms with Gasteiger partial charge in [0, 0.05) is 0 Å². The van der Waals surface area contributed by atoms with Crippen LogP contribution in [0.3, 0.4) is 0 Å². The summed E-state index contributed by atoms with van der Waals surface area (Å²) in [4.78, 5) is 0. The zero-order chi connectivity index (χ0) is 27.0. The molecule has 0 aliphatic carbocycles. The first-order chi connectivity index (χ1) is 17.4. The Balaban J connectivity index is 1.77. The molecule has 3 aromatic rings. The van der Waals surface area contributed by atoms with E-state index in [4.69, 9.17) is 13.5 Å². The number of hydrogen-bond acceptors (Lipinski definition) is 8. The minimum Gasteiger partial charge on any atom is -0.270 e. The van der Waals surface area contributed by atoms with Gasteiger partial charge in [0.15, 0.2) is 0 Å². The summed E-state index contributed by atoms with van der Waals surface area (Å²) in [5, 5.41) is 5.66. The lowest BCUT2D eigenvalue weighted by Gasteiger charge is -2.32. The number of hydrogen-bond donors (Lipinski definition) is 1. The van der Waals surface area contributed by atoms with E-state index < -0.39 is 48.2 Å². The van der Waals surface area contributed by atoms with Gasteiger partial charge in [0.1, 0.15) is 16.3 Å². The van der Waals surface area contributed by atoms with Crippen molar-refractivity contribution in [3.63, 3.8) is 0 Å². The molecule has 3 rings (SSSR count). The third kappa shape index (κ3) is 8.45. The number of nitrogens with two attached hydrogens (primary N) is 1. The Hall–Kier alpha value is -2.61. The molecule has 9 nitrogen and oxygen atoms in total. The molecular formula is C25H29NO8S3. The van der Waals surface area contributed by atoms with Gasteiger partial charge in [-0.25, -0.2) is 13.6 Å². The van der Waals surface area contributed by atoms with Gasteiger partial charge in [-0.3, -0.25) is 8.37 Å². The normalized spacial score (nSPS) is 12.9. The van der Waals surface area contributed by atoms with Gasteiger partial charge in [0.2, 0.25) is 10.0 Å². The molecule has 0 aliphatic rings. The minimum absolute atomic E-state index is 0.269. The van der Waals surface area contributed by atoms with Gasteiger partial charge in [0.05, 0.1) is 13.2 Å². The topological polar surface area (TPSA) is 147 Å². The largest absolute Gasteiger partial charge is 0.271 e. The van der Waals surface area contributed by atoms with Crippen molar-refractivity contribution in [2.75, 3.05) is 13.2 Å². The summed E-state index contributed by atoms with van der Waals surface area (Å²) in [6.07, 6.45) is -0.683. The van der Waals surface area contributed by atoms with Crippen molar-refractivity contribution in [1.29, 1.82) is 0 Å².